The minimum absolute atomic E-state index is 0.105. The van der Waals surface area contributed by atoms with Gasteiger partial charge in [0.15, 0.2) is 0 Å². The fraction of sp³-hybridized carbons (Fsp3) is 0.250. The fourth-order valence-electron chi connectivity index (χ4n) is 2.71. The Balaban J connectivity index is 1.60. The van der Waals surface area contributed by atoms with Crippen LogP contribution < -0.4 is 0 Å². The first-order valence-electron chi connectivity index (χ1n) is 8.83. The minimum Gasteiger partial charge on any atom is -0.457 e. The number of hydrogen-bond donors (Lipinski definition) is 0. The Hall–Kier alpha value is -2.26. The first kappa shape index (κ1) is 21.4. The lowest BCUT2D eigenvalue weighted by Gasteiger charge is -2.26. The quantitative estimate of drug-likeness (QED) is 0.510. The lowest BCUT2D eigenvalue weighted by Crippen LogP contribution is -2.40. The number of hydrogen-bond acceptors (Lipinski definition) is 5. The van der Waals surface area contributed by atoms with E-state index in [-0.39, 0.29) is 22.1 Å². The molecule has 0 N–H and O–H groups in total. The molecule has 1 fully saturated rings. The molecule has 0 aliphatic carbocycles. The summed E-state index contributed by atoms with van der Waals surface area (Å²) in [6.45, 7) is 1.11. The van der Waals surface area contributed by atoms with Crippen molar-refractivity contribution >= 4 is 33.7 Å². The van der Waals surface area contributed by atoms with Crippen LogP contribution in [0, 0.1) is 5.82 Å². The fourth-order valence-corrected chi connectivity index (χ4v) is 4.34. The first-order chi connectivity index (χ1) is 13.9. The second-order valence-corrected chi connectivity index (χ2v) is 8.57. The van der Waals surface area contributed by atoms with Crippen LogP contribution in [0.2, 0.25) is 5.02 Å². The van der Waals surface area contributed by atoms with Gasteiger partial charge in [0.05, 0.1) is 23.1 Å². The average Bonchev–Trinajstić information content (AvgIpc) is 2.73. The Labute approximate surface area is 173 Å². The topological polar surface area (TPSA) is 72.9 Å². The van der Waals surface area contributed by atoms with Crippen molar-refractivity contribution in [3.8, 4) is 0 Å². The van der Waals surface area contributed by atoms with Crippen LogP contribution in [0.25, 0.3) is 6.08 Å². The SMILES string of the molecule is O=C(C=Cc1ccc(S(=O)(=O)N2CCOCC2)cc1)OCc1c(F)cccc1Cl. The summed E-state index contributed by atoms with van der Waals surface area (Å²) < 4.78 is 50.4. The second-order valence-electron chi connectivity index (χ2n) is 6.23. The van der Waals surface area contributed by atoms with E-state index < -0.39 is 21.8 Å². The molecule has 0 atom stereocenters. The van der Waals surface area contributed by atoms with Gasteiger partial charge in [-0.05, 0) is 35.9 Å². The summed E-state index contributed by atoms with van der Waals surface area (Å²) in [5, 5.41) is 0.179. The average molecular weight is 440 g/mol. The number of nitrogens with zero attached hydrogens (tertiary/aromatic N) is 1. The molecule has 2 aromatic rings. The predicted octanol–water partition coefficient (Wildman–Crippen LogP) is 3.26. The molecule has 29 heavy (non-hydrogen) atoms. The van der Waals surface area contributed by atoms with Gasteiger partial charge in [0.2, 0.25) is 10.0 Å². The molecule has 6 nitrogen and oxygen atoms in total. The number of carbonyl (C=O) groups excluding carboxylic acids is 1. The summed E-state index contributed by atoms with van der Waals surface area (Å²) in [6, 6.07) is 10.3. The molecule has 0 amide bonds. The number of benzene rings is 2. The maximum atomic E-state index is 13.7. The zero-order chi connectivity index (χ0) is 20.9. The van der Waals surface area contributed by atoms with Crippen molar-refractivity contribution in [2.45, 2.75) is 11.5 Å². The molecule has 1 aliphatic heterocycles. The highest BCUT2D eigenvalue weighted by atomic mass is 35.5. The van der Waals surface area contributed by atoms with Crippen molar-refractivity contribution in [2.24, 2.45) is 0 Å². The summed E-state index contributed by atoms with van der Waals surface area (Å²) in [5.41, 5.74) is 0.723. The number of rotatable bonds is 6. The Morgan fingerprint density at radius 1 is 1.17 bits per heavy atom. The van der Waals surface area contributed by atoms with Crippen molar-refractivity contribution in [2.75, 3.05) is 26.3 Å². The molecule has 0 spiro atoms. The van der Waals surface area contributed by atoms with E-state index in [1.54, 1.807) is 12.1 Å². The largest absolute Gasteiger partial charge is 0.457 e. The highest BCUT2D eigenvalue weighted by molar-refractivity contribution is 7.89. The smallest absolute Gasteiger partial charge is 0.331 e. The minimum atomic E-state index is -3.57. The van der Waals surface area contributed by atoms with E-state index in [4.69, 9.17) is 21.1 Å². The van der Waals surface area contributed by atoms with E-state index in [1.807, 2.05) is 0 Å². The van der Waals surface area contributed by atoms with Gasteiger partial charge in [-0.2, -0.15) is 4.31 Å². The summed E-state index contributed by atoms with van der Waals surface area (Å²) in [4.78, 5) is 12.0. The standard InChI is InChI=1S/C20H19ClFNO5S/c21-18-2-1-3-19(22)17(18)14-28-20(24)9-6-15-4-7-16(8-5-15)29(25,26)23-10-12-27-13-11-23/h1-9H,10-14H2. The molecule has 1 aliphatic rings. The van der Waals surface area contributed by atoms with Crippen LogP contribution in [0.5, 0.6) is 0 Å². The molecule has 0 unspecified atom stereocenters. The van der Waals surface area contributed by atoms with E-state index in [1.165, 1.54) is 46.8 Å². The predicted molar refractivity (Wildman–Crippen MR) is 106 cm³/mol. The number of esters is 1. The van der Waals surface area contributed by atoms with Gasteiger partial charge in [0.1, 0.15) is 12.4 Å². The Morgan fingerprint density at radius 3 is 2.52 bits per heavy atom. The molecule has 0 aromatic heterocycles. The highest BCUT2D eigenvalue weighted by Crippen LogP contribution is 2.20. The number of halogens is 2. The maximum absolute atomic E-state index is 13.7. The molecule has 0 radical (unpaired) electrons. The third-order valence-electron chi connectivity index (χ3n) is 4.32. The third kappa shape index (κ3) is 5.42. The number of ether oxygens (including phenoxy) is 2. The van der Waals surface area contributed by atoms with Crippen LogP contribution in [0.3, 0.4) is 0 Å². The van der Waals surface area contributed by atoms with Crippen molar-refractivity contribution in [3.05, 3.63) is 70.5 Å². The van der Waals surface area contributed by atoms with Gasteiger partial charge in [-0.15, -0.1) is 0 Å². The lowest BCUT2D eigenvalue weighted by molar-refractivity contribution is -0.138. The van der Waals surface area contributed by atoms with Gasteiger partial charge in [0.25, 0.3) is 0 Å². The van der Waals surface area contributed by atoms with Crippen molar-refractivity contribution in [1.82, 2.24) is 4.31 Å². The van der Waals surface area contributed by atoms with Gasteiger partial charge in [-0.1, -0.05) is 29.8 Å². The van der Waals surface area contributed by atoms with Gasteiger partial charge in [-0.25, -0.2) is 17.6 Å². The summed E-state index contributed by atoms with van der Waals surface area (Å²) in [5.74, 6) is -1.22. The Bertz CT molecular complexity index is 982. The van der Waals surface area contributed by atoms with Crippen molar-refractivity contribution in [1.29, 1.82) is 0 Å². The third-order valence-corrected chi connectivity index (χ3v) is 6.59. The van der Waals surface area contributed by atoms with E-state index in [0.29, 0.717) is 31.9 Å². The first-order valence-corrected chi connectivity index (χ1v) is 10.7. The molecule has 0 saturated carbocycles. The van der Waals surface area contributed by atoms with Crippen LogP contribution >= 0.6 is 11.6 Å². The number of morpholine rings is 1. The number of carbonyl (C=O) groups is 1. The van der Waals surface area contributed by atoms with E-state index in [2.05, 4.69) is 0 Å². The molecule has 154 valence electrons. The highest BCUT2D eigenvalue weighted by Gasteiger charge is 2.25. The van der Waals surface area contributed by atoms with Crippen LogP contribution in [0.4, 0.5) is 4.39 Å². The zero-order valence-electron chi connectivity index (χ0n) is 15.4. The van der Waals surface area contributed by atoms with Crippen LogP contribution in [0.1, 0.15) is 11.1 Å². The molecular formula is C20H19ClFNO5S. The molecule has 1 heterocycles. The lowest BCUT2D eigenvalue weighted by atomic mass is 10.2. The molecule has 2 aromatic carbocycles. The van der Waals surface area contributed by atoms with Gasteiger partial charge >= 0.3 is 5.97 Å². The van der Waals surface area contributed by atoms with Gasteiger partial charge < -0.3 is 9.47 Å². The molecule has 3 rings (SSSR count). The second kappa shape index (κ2) is 9.49. The van der Waals surface area contributed by atoms with Crippen LogP contribution in [-0.2, 0) is 30.9 Å². The summed E-state index contributed by atoms with van der Waals surface area (Å²) >= 11 is 5.88. The maximum Gasteiger partial charge on any atom is 0.331 e. The van der Waals surface area contributed by atoms with Crippen molar-refractivity contribution in [3.63, 3.8) is 0 Å². The van der Waals surface area contributed by atoms with Crippen LogP contribution in [-0.4, -0.2) is 45.0 Å². The summed E-state index contributed by atoms with van der Waals surface area (Å²) in [6.07, 6.45) is 2.66. The Morgan fingerprint density at radius 2 is 1.86 bits per heavy atom. The number of sulfonamides is 1. The normalized spacial score (nSPS) is 15.5. The van der Waals surface area contributed by atoms with E-state index in [0.717, 1.165) is 0 Å². The zero-order valence-corrected chi connectivity index (χ0v) is 17.0. The van der Waals surface area contributed by atoms with E-state index >= 15 is 0 Å². The molecule has 9 heteroatoms. The molecular weight excluding hydrogens is 421 g/mol. The summed E-state index contributed by atoms with van der Waals surface area (Å²) in [7, 11) is -3.57. The molecule has 1 saturated heterocycles. The monoisotopic (exact) mass is 439 g/mol. The molecule has 0 bridgehead atoms. The van der Waals surface area contributed by atoms with Crippen molar-refractivity contribution < 1.29 is 27.1 Å². The van der Waals surface area contributed by atoms with Gasteiger partial charge in [-0.3, -0.25) is 0 Å². The Kier molecular flexibility index (Phi) is 7.02. The van der Waals surface area contributed by atoms with Gasteiger partial charge in [0, 0.05) is 24.7 Å². The van der Waals surface area contributed by atoms with E-state index in [9.17, 15) is 17.6 Å². The van der Waals surface area contributed by atoms with Crippen LogP contribution in [0.15, 0.2) is 53.4 Å².